The van der Waals surface area contributed by atoms with Gasteiger partial charge in [0.25, 0.3) is 0 Å². The number of rotatable bonds is 7. The van der Waals surface area contributed by atoms with Crippen molar-refractivity contribution in [1.29, 1.82) is 0 Å². The van der Waals surface area contributed by atoms with Crippen molar-refractivity contribution < 1.29 is 9.90 Å². The van der Waals surface area contributed by atoms with Crippen LogP contribution in [0.5, 0.6) is 0 Å². The first kappa shape index (κ1) is 19.7. The summed E-state index contributed by atoms with van der Waals surface area (Å²) in [5, 5.41) is 9.56. The van der Waals surface area contributed by atoms with E-state index in [4.69, 9.17) is 0 Å². The topological polar surface area (TPSA) is 47.0 Å². The Bertz CT molecular complexity index is 392. The van der Waals surface area contributed by atoms with Gasteiger partial charge in [-0.1, -0.05) is 27.7 Å². The number of nitrogens with zero attached hydrogens (tertiary/aromatic N) is 3. The van der Waals surface area contributed by atoms with Crippen LogP contribution in [-0.2, 0) is 4.79 Å². The van der Waals surface area contributed by atoms with Crippen molar-refractivity contribution in [2.45, 2.75) is 46.6 Å². The van der Waals surface area contributed by atoms with E-state index < -0.39 is 5.97 Å². The molecule has 1 N–H and O–H groups in total. The van der Waals surface area contributed by atoms with E-state index >= 15 is 0 Å². The molecule has 0 unspecified atom stereocenters. The molecule has 5 heteroatoms. The van der Waals surface area contributed by atoms with Crippen molar-refractivity contribution in [2.75, 3.05) is 52.4 Å². The first-order valence-corrected chi connectivity index (χ1v) is 9.78. The normalized spacial score (nSPS) is 25.7. The summed E-state index contributed by atoms with van der Waals surface area (Å²) in [6.45, 7) is 16.9. The highest BCUT2D eigenvalue weighted by Gasteiger charge is 2.32. The van der Waals surface area contributed by atoms with Crippen molar-refractivity contribution in [3.63, 3.8) is 0 Å². The second-order valence-corrected chi connectivity index (χ2v) is 8.47. The zero-order chi connectivity index (χ0) is 17.7. The molecule has 0 aromatic carbocycles. The van der Waals surface area contributed by atoms with Crippen LogP contribution in [0.25, 0.3) is 0 Å². The van der Waals surface area contributed by atoms with Gasteiger partial charge in [0.15, 0.2) is 0 Å². The zero-order valence-electron chi connectivity index (χ0n) is 16.1. The Labute approximate surface area is 148 Å². The molecule has 2 fully saturated rings. The van der Waals surface area contributed by atoms with Gasteiger partial charge in [-0.3, -0.25) is 14.6 Å². The molecule has 0 amide bonds. The summed E-state index contributed by atoms with van der Waals surface area (Å²) >= 11 is 0. The van der Waals surface area contributed by atoms with E-state index in [0.29, 0.717) is 12.5 Å². The average molecular weight is 340 g/mol. The number of likely N-dealkylation sites (tertiary alicyclic amines) is 1. The Kier molecular flexibility index (Phi) is 7.51. The highest BCUT2D eigenvalue weighted by atomic mass is 16.4. The van der Waals surface area contributed by atoms with Crippen molar-refractivity contribution in [2.24, 2.45) is 17.8 Å². The molecule has 2 rings (SSSR count). The van der Waals surface area contributed by atoms with Crippen LogP contribution in [0.4, 0.5) is 0 Å². The van der Waals surface area contributed by atoms with Crippen LogP contribution < -0.4 is 0 Å². The van der Waals surface area contributed by atoms with Crippen LogP contribution in [0.2, 0.25) is 0 Å². The molecular formula is C19H37N3O2. The summed E-state index contributed by atoms with van der Waals surface area (Å²) < 4.78 is 0. The number of piperazine rings is 1. The Morgan fingerprint density at radius 1 is 1.00 bits per heavy atom. The van der Waals surface area contributed by atoms with Crippen LogP contribution in [-0.4, -0.2) is 84.2 Å². The lowest BCUT2D eigenvalue weighted by molar-refractivity contribution is -0.146. The standard InChI is InChI=1S/C19H37N3O2/c1-15(2)13-22-12-11-21(14-18(22)19(23)24)10-9-20-7-5-17(6-8-20)16(3)4/h15-18H,5-14H2,1-4H3,(H,23,24)/t18-/m0/s1. The zero-order valence-corrected chi connectivity index (χ0v) is 16.1. The van der Waals surface area contributed by atoms with Crippen molar-refractivity contribution in [3.05, 3.63) is 0 Å². The third kappa shape index (κ3) is 5.71. The van der Waals surface area contributed by atoms with Gasteiger partial charge in [0.2, 0.25) is 0 Å². The maximum atomic E-state index is 11.6. The summed E-state index contributed by atoms with van der Waals surface area (Å²) in [4.78, 5) is 18.7. The lowest BCUT2D eigenvalue weighted by atomic mass is 9.87. The second-order valence-electron chi connectivity index (χ2n) is 8.47. The number of carbonyl (C=O) groups is 1. The predicted molar refractivity (Wildman–Crippen MR) is 98.3 cm³/mol. The number of carboxylic acids is 1. The summed E-state index contributed by atoms with van der Waals surface area (Å²) in [6.07, 6.45) is 2.63. The van der Waals surface area contributed by atoms with E-state index in [2.05, 4.69) is 42.4 Å². The smallest absolute Gasteiger partial charge is 0.322 e. The molecule has 2 aliphatic rings. The van der Waals surface area contributed by atoms with Crippen molar-refractivity contribution >= 4 is 5.97 Å². The quantitative estimate of drug-likeness (QED) is 0.769. The summed E-state index contributed by atoms with van der Waals surface area (Å²) in [5.74, 6) is 1.54. The fraction of sp³-hybridized carbons (Fsp3) is 0.947. The van der Waals surface area contributed by atoms with Gasteiger partial charge in [0.05, 0.1) is 0 Å². The molecule has 2 aliphatic heterocycles. The minimum absolute atomic E-state index is 0.340. The Hall–Kier alpha value is -0.650. The number of piperidine rings is 1. The fourth-order valence-corrected chi connectivity index (χ4v) is 4.13. The van der Waals surface area contributed by atoms with E-state index in [1.165, 1.54) is 25.9 Å². The first-order valence-electron chi connectivity index (χ1n) is 9.78. The maximum Gasteiger partial charge on any atom is 0.322 e. The molecule has 24 heavy (non-hydrogen) atoms. The predicted octanol–water partition coefficient (Wildman–Crippen LogP) is 2.08. The molecule has 0 saturated carbocycles. The van der Waals surface area contributed by atoms with Gasteiger partial charge in [0.1, 0.15) is 6.04 Å². The summed E-state index contributed by atoms with van der Waals surface area (Å²) in [7, 11) is 0. The van der Waals surface area contributed by atoms with Crippen LogP contribution in [0.1, 0.15) is 40.5 Å². The first-order chi connectivity index (χ1) is 11.4. The molecule has 0 radical (unpaired) electrons. The molecule has 2 heterocycles. The number of hydrogen-bond acceptors (Lipinski definition) is 4. The molecule has 140 valence electrons. The lowest BCUT2D eigenvalue weighted by Gasteiger charge is -2.41. The van der Waals surface area contributed by atoms with Gasteiger partial charge in [-0.25, -0.2) is 0 Å². The van der Waals surface area contributed by atoms with Crippen LogP contribution in [0.3, 0.4) is 0 Å². The highest BCUT2D eigenvalue weighted by molar-refractivity contribution is 5.74. The molecule has 0 aliphatic carbocycles. The third-order valence-corrected chi connectivity index (χ3v) is 5.77. The van der Waals surface area contributed by atoms with Crippen molar-refractivity contribution in [3.8, 4) is 0 Å². The van der Waals surface area contributed by atoms with Gasteiger partial charge < -0.3 is 10.0 Å². The number of hydrogen-bond donors (Lipinski definition) is 1. The monoisotopic (exact) mass is 339 g/mol. The van der Waals surface area contributed by atoms with E-state index in [0.717, 1.165) is 44.6 Å². The second kappa shape index (κ2) is 9.16. The van der Waals surface area contributed by atoms with Gasteiger partial charge in [-0.15, -0.1) is 0 Å². The van der Waals surface area contributed by atoms with Crippen molar-refractivity contribution in [1.82, 2.24) is 14.7 Å². The van der Waals surface area contributed by atoms with Gasteiger partial charge in [-0.05, 0) is 43.7 Å². The van der Waals surface area contributed by atoms with Gasteiger partial charge >= 0.3 is 5.97 Å². The van der Waals surface area contributed by atoms with Crippen LogP contribution in [0, 0.1) is 17.8 Å². The molecule has 0 aromatic heterocycles. The Morgan fingerprint density at radius 3 is 2.17 bits per heavy atom. The maximum absolute atomic E-state index is 11.6. The van der Waals surface area contributed by atoms with E-state index in [9.17, 15) is 9.90 Å². The van der Waals surface area contributed by atoms with E-state index in [1.807, 2.05) is 0 Å². The van der Waals surface area contributed by atoms with Crippen LogP contribution >= 0.6 is 0 Å². The lowest BCUT2D eigenvalue weighted by Crippen LogP contribution is -2.58. The third-order valence-electron chi connectivity index (χ3n) is 5.77. The summed E-state index contributed by atoms with van der Waals surface area (Å²) in [5.41, 5.74) is 0. The number of aliphatic carboxylic acids is 1. The van der Waals surface area contributed by atoms with E-state index in [1.54, 1.807) is 0 Å². The minimum atomic E-state index is -0.668. The molecule has 1 atom stereocenters. The Morgan fingerprint density at radius 2 is 1.62 bits per heavy atom. The highest BCUT2D eigenvalue weighted by Crippen LogP contribution is 2.24. The molecule has 0 bridgehead atoms. The number of carboxylic acid groups (broad SMARTS) is 1. The van der Waals surface area contributed by atoms with Crippen LogP contribution in [0.15, 0.2) is 0 Å². The van der Waals surface area contributed by atoms with Gasteiger partial charge in [0, 0.05) is 39.3 Å². The molecule has 2 saturated heterocycles. The minimum Gasteiger partial charge on any atom is -0.480 e. The van der Waals surface area contributed by atoms with E-state index in [-0.39, 0.29) is 6.04 Å². The SMILES string of the molecule is CC(C)CN1CCN(CCN2CCC(C(C)C)CC2)C[C@H]1C(=O)O. The molecular weight excluding hydrogens is 302 g/mol. The molecule has 5 nitrogen and oxygen atoms in total. The Balaban J connectivity index is 1.75. The van der Waals surface area contributed by atoms with Gasteiger partial charge in [-0.2, -0.15) is 0 Å². The molecule has 0 spiro atoms. The molecule has 0 aromatic rings. The largest absolute Gasteiger partial charge is 0.480 e. The summed E-state index contributed by atoms with van der Waals surface area (Å²) in [6, 6.07) is -0.340. The fourth-order valence-electron chi connectivity index (χ4n) is 4.13. The average Bonchev–Trinajstić information content (AvgIpc) is 2.53.